The molecule has 23 heavy (non-hydrogen) atoms. The number of rotatable bonds is 5. The van der Waals surface area contributed by atoms with Gasteiger partial charge in [-0.1, -0.05) is 23.2 Å². The van der Waals surface area contributed by atoms with Gasteiger partial charge in [0.15, 0.2) is 0 Å². The maximum atomic E-state index is 12.4. The molecule has 1 N–H and O–H groups in total. The molecule has 0 aliphatic heterocycles. The molecule has 2 aromatic rings. The average molecular weight is 377 g/mol. The number of hydrogen-bond donors (Lipinski definition) is 1. The highest BCUT2D eigenvalue weighted by Crippen LogP contribution is 2.31. The topological polar surface area (TPSA) is 98.5 Å². The molecule has 0 bridgehead atoms. The summed E-state index contributed by atoms with van der Waals surface area (Å²) in [6.45, 7) is 0. The first-order valence-electron chi connectivity index (χ1n) is 6.04. The number of methoxy groups -OCH3 is 1. The molecule has 0 aromatic heterocycles. The van der Waals surface area contributed by atoms with Gasteiger partial charge in [-0.15, -0.1) is 0 Å². The van der Waals surface area contributed by atoms with Gasteiger partial charge in [-0.3, -0.25) is 14.8 Å². The Labute approximate surface area is 142 Å². The number of nitrogens with zero attached hydrogens (tertiary/aromatic N) is 1. The van der Waals surface area contributed by atoms with E-state index in [4.69, 9.17) is 27.9 Å². The lowest BCUT2D eigenvalue weighted by Gasteiger charge is -2.12. The molecule has 0 radical (unpaired) electrons. The van der Waals surface area contributed by atoms with Gasteiger partial charge < -0.3 is 4.74 Å². The molecule has 0 saturated heterocycles. The van der Waals surface area contributed by atoms with Crippen molar-refractivity contribution in [3.05, 3.63) is 56.6 Å². The first-order valence-corrected chi connectivity index (χ1v) is 8.28. The summed E-state index contributed by atoms with van der Waals surface area (Å²) in [7, 11) is -2.83. The molecular formula is C13H10Cl2N2O5S. The number of benzene rings is 2. The van der Waals surface area contributed by atoms with Crippen LogP contribution in [0.5, 0.6) is 5.75 Å². The maximum Gasteiger partial charge on any atom is 0.273 e. The highest BCUT2D eigenvalue weighted by molar-refractivity contribution is 7.92. The fourth-order valence-electron chi connectivity index (χ4n) is 1.81. The third kappa shape index (κ3) is 4.04. The first kappa shape index (κ1) is 17.3. The molecule has 7 nitrogen and oxygen atoms in total. The number of non-ortho nitro benzene ring substituents is 1. The molecular weight excluding hydrogens is 367 g/mol. The Morgan fingerprint density at radius 1 is 1.13 bits per heavy atom. The summed E-state index contributed by atoms with van der Waals surface area (Å²) in [4.78, 5) is 9.85. The van der Waals surface area contributed by atoms with Crippen LogP contribution in [-0.4, -0.2) is 20.5 Å². The summed E-state index contributed by atoms with van der Waals surface area (Å²) in [6.07, 6.45) is 0. The monoisotopic (exact) mass is 376 g/mol. The molecule has 0 fully saturated rings. The van der Waals surface area contributed by atoms with Crippen molar-refractivity contribution in [2.45, 2.75) is 4.90 Å². The van der Waals surface area contributed by atoms with E-state index in [-0.39, 0.29) is 32.1 Å². The number of halogens is 2. The zero-order chi connectivity index (χ0) is 17.2. The SMILES string of the molecule is COc1cc([N+](=O)[O-])ccc1S(=O)(=O)Nc1cc(Cl)cc(Cl)c1. The molecule has 0 atom stereocenters. The van der Waals surface area contributed by atoms with Gasteiger partial charge >= 0.3 is 0 Å². The second kappa shape index (κ2) is 6.61. The molecule has 122 valence electrons. The van der Waals surface area contributed by atoms with Crippen LogP contribution in [0.2, 0.25) is 10.0 Å². The number of nitrogens with one attached hydrogen (secondary N) is 1. The molecule has 2 rings (SSSR count). The Bertz CT molecular complexity index is 850. The van der Waals surface area contributed by atoms with Crippen molar-refractivity contribution in [1.29, 1.82) is 0 Å². The zero-order valence-electron chi connectivity index (χ0n) is 11.6. The summed E-state index contributed by atoms with van der Waals surface area (Å²) < 4.78 is 32.1. The minimum Gasteiger partial charge on any atom is -0.495 e. The smallest absolute Gasteiger partial charge is 0.273 e. The molecule has 2 aromatic carbocycles. The van der Waals surface area contributed by atoms with Crippen molar-refractivity contribution >= 4 is 44.6 Å². The largest absolute Gasteiger partial charge is 0.495 e. The number of ether oxygens (including phenoxy) is 1. The number of nitro benzene ring substituents is 1. The van der Waals surface area contributed by atoms with Crippen molar-refractivity contribution < 1.29 is 18.1 Å². The van der Waals surface area contributed by atoms with Crippen molar-refractivity contribution in [3.8, 4) is 5.75 Å². The van der Waals surface area contributed by atoms with Crippen LogP contribution in [0.3, 0.4) is 0 Å². The van der Waals surface area contributed by atoms with Gasteiger partial charge in [0.2, 0.25) is 0 Å². The second-order valence-corrected chi connectivity index (χ2v) is 6.88. The van der Waals surface area contributed by atoms with Crippen LogP contribution >= 0.6 is 23.2 Å². The summed E-state index contributed by atoms with van der Waals surface area (Å²) in [5.41, 5.74) is -0.130. The molecule has 0 amide bonds. The Morgan fingerprint density at radius 3 is 2.26 bits per heavy atom. The normalized spacial score (nSPS) is 11.1. The zero-order valence-corrected chi connectivity index (χ0v) is 13.9. The number of hydrogen-bond acceptors (Lipinski definition) is 5. The fraction of sp³-hybridized carbons (Fsp3) is 0.0769. The van der Waals surface area contributed by atoms with Crippen molar-refractivity contribution in [2.24, 2.45) is 0 Å². The first-order chi connectivity index (χ1) is 10.7. The Morgan fingerprint density at radius 2 is 1.74 bits per heavy atom. The van der Waals surface area contributed by atoms with Crippen LogP contribution < -0.4 is 9.46 Å². The van der Waals surface area contributed by atoms with E-state index in [1.54, 1.807) is 0 Å². The number of nitro groups is 1. The number of sulfonamides is 1. The predicted molar refractivity (Wildman–Crippen MR) is 86.9 cm³/mol. The van der Waals surface area contributed by atoms with E-state index < -0.39 is 14.9 Å². The second-order valence-electron chi connectivity index (χ2n) is 4.36. The fourth-order valence-corrected chi connectivity index (χ4v) is 3.53. The van der Waals surface area contributed by atoms with Crippen LogP contribution in [-0.2, 0) is 10.0 Å². The Balaban J connectivity index is 2.45. The summed E-state index contributed by atoms with van der Waals surface area (Å²) in [6, 6.07) is 7.39. The van der Waals surface area contributed by atoms with Gasteiger partial charge in [-0.05, 0) is 24.3 Å². The molecule has 0 aliphatic carbocycles. The predicted octanol–water partition coefficient (Wildman–Crippen LogP) is 3.71. The number of anilines is 1. The van der Waals surface area contributed by atoms with E-state index in [1.165, 1.54) is 25.3 Å². The van der Waals surface area contributed by atoms with E-state index in [0.29, 0.717) is 0 Å². The quantitative estimate of drug-likeness (QED) is 0.633. The van der Waals surface area contributed by atoms with Crippen LogP contribution in [0.25, 0.3) is 0 Å². The van der Waals surface area contributed by atoms with Crippen molar-refractivity contribution in [2.75, 3.05) is 11.8 Å². The summed E-state index contributed by atoms with van der Waals surface area (Å²) >= 11 is 11.6. The van der Waals surface area contributed by atoms with Crippen molar-refractivity contribution in [1.82, 2.24) is 0 Å². The van der Waals surface area contributed by atoms with Gasteiger partial charge in [-0.25, -0.2) is 8.42 Å². The van der Waals surface area contributed by atoms with E-state index in [2.05, 4.69) is 4.72 Å². The Kier molecular flexibility index (Phi) is 4.98. The van der Waals surface area contributed by atoms with Crippen LogP contribution in [0.1, 0.15) is 0 Å². The van der Waals surface area contributed by atoms with Gasteiger partial charge in [0.25, 0.3) is 15.7 Å². The molecule has 0 saturated carbocycles. The van der Waals surface area contributed by atoms with Crippen LogP contribution in [0.4, 0.5) is 11.4 Å². The highest BCUT2D eigenvalue weighted by Gasteiger charge is 2.22. The molecule has 0 spiro atoms. The lowest BCUT2D eigenvalue weighted by atomic mass is 10.3. The van der Waals surface area contributed by atoms with E-state index in [0.717, 1.165) is 18.2 Å². The lowest BCUT2D eigenvalue weighted by Crippen LogP contribution is -2.14. The third-order valence-corrected chi connectivity index (χ3v) is 4.62. The van der Waals surface area contributed by atoms with Crippen LogP contribution in [0, 0.1) is 10.1 Å². The van der Waals surface area contributed by atoms with Crippen LogP contribution in [0.15, 0.2) is 41.3 Å². The molecule has 0 aliphatic rings. The summed E-state index contributed by atoms with van der Waals surface area (Å²) in [5, 5.41) is 11.3. The van der Waals surface area contributed by atoms with E-state index in [1.807, 2.05) is 0 Å². The average Bonchev–Trinajstić information content (AvgIpc) is 2.44. The minimum atomic E-state index is -4.05. The molecule has 10 heteroatoms. The van der Waals surface area contributed by atoms with E-state index >= 15 is 0 Å². The minimum absolute atomic E-state index is 0.153. The summed E-state index contributed by atoms with van der Waals surface area (Å²) in [5.74, 6) is -0.153. The highest BCUT2D eigenvalue weighted by atomic mass is 35.5. The van der Waals surface area contributed by atoms with Gasteiger partial charge in [0.05, 0.1) is 23.8 Å². The van der Waals surface area contributed by atoms with Gasteiger partial charge in [0, 0.05) is 16.1 Å². The molecule has 0 heterocycles. The Hall–Kier alpha value is -2.03. The standard InChI is InChI=1S/C13H10Cl2N2O5S/c1-22-12-7-11(17(18)19)2-3-13(12)23(20,21)16-10-5-8(14)4-9(15)6-10/h2-7,16H,1H3. The third-order valence-electron chi connectivity index (χ3n) is 2.76. The van der Waals surface area contributed by atoms with E-state index in [9.17, 15) is 18.5 Å². The van der Waals surface area contributed by atoms with Crippen molar-refractivity contribution in [3.63, 3.8) is 0 Å². The molecule has 0 unspecified atom stereocenters. The van der Waals surface area contributed by atoms with Gasteiger partial charge in [-0.2, -0.15) is 0 Å². The van der Waals surface area contributed by atoms with Gasteiger partial charge in [0.1, 0.15) is 10.6 Å². The lowest BCUT2D eigenvalue weighted by molar-refractivity contribution is -0.385. The maximum absolute atomic E-state index is 12.4.